The lowest BCUT2D eigenvalue weighted by Crippen LogP contribution is -2.33. The summed E-state index contributed by atoms with van der Waals surface area (Å²) in [5, 5.41) is 8.16. The van der Waals surface area contributed by atoms with Crippen molar-refractivity contribution >= 4 is 17.3 Å². The lowest BCUT2D eigenvalue weighted by molar-refractivity contribution is -0.253. The number of benzene rings is 1. The number of nitrogens with one attached hydrogen (secondary N) is 2. The molecule has 1 heterocycles. The van der Waals surface area contributed by atoms with Crippen molar-refractivity contribution in [3.63, 3.8) is 0 Å². The minimum Gasteiger partial charge on any atom is -0.428 e. The maximum absolute atomic E-state index is 13.2. The van der Waals surface area contributed by atoms with E-state index in [9.17, 15) is 22.4 Å². The lowest BCUT2D eigenvalue weighted by atomic mass is 10.1. The summed E-state index contributed by atoms with van der Waals surface area (Å²) in [6.45, 7) is 0. The van der Waals surface area contributed by atoms with Gasteiger partial charge in [0.2, 0.25) is 0 Å². The highest BCUT2D eigenvalue weighted by Gasteiger charge is 2.44. The van der Waals surface area contributed by atoms with Crippen LogP contribution in [0.5, 0.6) is 5.75 Å². The Hall–Kier alpha value is -2.29. The molecule has 0 aliphatic heterocycles. The Balaban J connectivity index is 2.59. The highest BCUT2D eigenvalue weighted by atomic mass is 35.5. The van der Waals surface area contributed by atoms with Gasteiger partial charge in [0.25, 0.3) is 5.56 Å². The van der Waals surface area contributed by atoms with Crippen LogP contribution in [0.4, 0.5) is 23.2 Å². The highest BCUT2D eigenvalue weighted by Crippen LogP contribution is 2.38. The number of hydrogen-bond acceptors (Lipinski definition) is 4. The number of H-pyrrole nitrogens is 1. The second-order valence-electron chi connectivity index (χ2n) is 4.30. The number of nitrogens with zero attached hydrogens (tertiary/aromatic N) is 1. The molecule has 0 atom stereocenters. The Morgan fingerprint density at radius 2 is 2.00 bits per heavy atom. The summed E-state index contributed by atoms with van der Waals surface area (Å²) in [7, 11) is 1.43. The number of aromatic amines is 1. The van der Waals surface area contributed by atoms with Gasteiger partial charge in [-0.05, 0) is 12.1 Å². The van der Waals surface area contributed by atoms with Crippen molar-refractivity contribution in [3.8, 4) is 17.0 Å². The van der Waals surface area contributed by atoms with Crippen LogP contribution in [0, 0.1) is 0 Å². The summed E-state index contributed by atoms with van der Waals surface area (Å²) in [5.41, 5.74) is -0.726. The van der Waals surface area contributed by atoms with Crippen LogP contribution in [0.1, 0.15) is 0 Å². The Bertz CT molecular complexity index is 767. The number of hydrogen-bond donors (Lipinski definition) is 2. The molecule has 5 nitrogen and oxygen atoms in total. The third-order valence-corrected chi connectivity index (χ3v) is 3.18. The Morgan fingerprint density at radius 1 is 1.35 bits per heavy atom. The average Bonchev–Trinajstić information content (AvgIpc) is 2.50. The molecule has 124 valence electrons. The molecule has 2 aromatic rings. The molecule has 0 bridgehead atoms. The standard InChI is InChI=1S/C13H10ClF4N3O2/c1-19-10-8(14)11(22)21-20-9(10)6-4-2-3-5-7(6)23-13(17,18)12(15)16/h2-5,12H,1H3,(H2,19,21,22). The number of para-hydroxylation sites is 1. The van der Waals surface area contributed by atoms with E-state index in [-0.39, 0.29) is 22.0 Å². The Labute approximate surface area is 132 Å². The van der Waals surface area contributed by atoms with Crippen molar-refractivity contribution in [1.29, 1.82) is 0 Å². The molecule has 0 spiro atoms. The minimum absolute atomic E-state index is 0.0298. The van der Waals surface area contributed by atoms with E-state index in [0.29, 0.717) is 0 Å². The van der Waals surface area contributed by atoms with Crippen molar-refractivity contribution in [1.82, 2.24) is 10.2 Å². The molecule has 1 aromatic carbocycles. The molecule has 0 aliphatic rings. The molecule has 2 N–H and O–H groups in total. The Morgan fingerprint density at radius 3 is 2.61 bits per heavy atom. The van der Waals surface area contributed by atoms with Gasteiger partial charge in [0, 0.05) is 12.6 Å². The summed E-state index contributed by atoms with van der Waals surface area (Å²) in [4.78, 5) is 11.4. The second kappa shape index (κ2) is 6.45. The van der Waals surface area contributed by atoms with E-state index < -0.39 is 23.8 Å². The summed E-state index contributed by atoms with van der Waals surface area (Å²) in [6.07, 6.45) is -8.69. The largest absolute Gasteiger partial charge is 0.461 e. The molecule has 0 saturated carbocycles. The van der Waals surface area contributed by atoms with E-state index in [0.717, 1.165) is 6.07 Å². The molecular formula is C13H10ClF4N3O2. The van der Waals surface area contributed by atoms with E-state index >= 15 is 0 Å². The van der Waals surface area contributed by atoms with Crippen molar-refractivity contribution in [2.45, 2.75) is 12.5 Å². The number of ether oxygens (including phenoxy) is 1. The number of aromatic nitrogens is 2. The average molecular weight is 352 g/mol. The minimum atomic E-state index is -4.68. The van der Waals surface area contributed by atoms with Crippen molar-refractivity contribution in [2.75, 3.05) is 12.4 Å². The van der Waals surface area contributed by atoms with Gasteiger partial charge in [0.1, 0.15) is 16.5 Å². The first kappa shape index (κ1) is 17.1. The predicted molar refractivity (Wildman–Crippen MR) is 76.4 cm³/mol. The first-order valence-corrected chi connectivity index (χ1v) is 6.56. The van der Waals surface area contributed by atoms with Gasteiger partial charge in [0.05, 0.1) is 5.69 Å². The number of alkyl halides is 4. The van der Waals surface area contributed by atoms with E-state index in [2.05, 4.69) is 20.3 Å². The normalized spacial score (nSPS) is 11.6. The van der Waals surface area contributed by atoms with Gasteiger partial charge in [-0.2, -0.15) is 22.7 Å². The van der Waals surface area contributed by atoms with Gasteiger partial charge in [0.15, 0.2) is 0 Å². The van der Waals surface area contributed by atoms with Crippen molar-refractivity contribution in [2.24, 2.45) is 0 Å². The molecule has 0 saturated heterocycles. The zero-order valence-electron chi connectivity index (χ0n) is 11.5. The van der Waals surface area contributed by atoms with Crippen LogP contribution >= 0.6 is 11.6 Å². The quantitative estimate of drug-likeness (QED) is 0.811. The third kappa shape index (κ3) is 3.39. The van der Waals surface area contributed by atoms with Gasteiger partial charge in [-0.25, -0.2) is 5.10 Å². The lowest BCUT2D eigenvalue weighted by Gasteiger charge is -2.19. The summed E-state index contributed by atoms with van der Waals surface area (Å²) >= 11 is 5.83. The first-order valence-electron chi connectivity index (χ1n) is 6.18. The maximum atomic E-state index is 13.2. The van der Waals surface area contributed by atoms with Gasteiger partial charge >= 0.3 is 12.5 Å². The molecule has 0 amide bonds. The molecule has 23 heavy (non-hydrogen) atoms. The van der Waals surface area contributed by atoms with E-state index in [1.807, 2.05) is 0 Å². The fourth-order valence-corrected chi connectivity index (χ4v) is 2.02. The molecule has 0 fully saturated rings. The molecule has 0 radical (unpaired) electrons. The number of rotatable bonds is 5. The van der Waals surface area contributed by atoms with Gasteiger partial charge < -0.3 is 10.1 Å². The van der Waals surface area contributed by atoms with Crippen molar-refractivity contribution in [3.05, 3.63) is 39.6 Å². The van der Waals surface area contributed by atoms with Crippen LogP contribution in [0.2, 0.25) is 5.02 Å². The highest BCUT2D eigenvalue weighted by molar-refractivity contribution is 6.33. The van der Waals surface area contributed by atoms with Crippen LogP contribution in [-0.2, 0) is 0 Å². The summed E-state index contributed by atoms with van der Waals surface area (Å²) in [5.74, 6) is -0.537. The SMILES string of the molecule is CNc1c(-c2ccccc2OC(F)(F)C(F)F)n[nH]c(=O)c1Cl. The second-order valence-corrected chi connectivity index (χ2v) is 4.68. The number of halogens is 5. The van der Waals surface area contributed by atoms with E-state index in [1.165, 1.54) is 25.2 Å². The zero-order valence-corrected chi connectivity index (χ0v) is 12.3. The van der Waals surface area contributed by atoms with Crippen LogP contribution in [-0.4, -0.2) is 29.8 Å². The van der Waals surface area contributed by atoms with Crippen molar-refractivity contribution < 1.29 is 22.3 Å². The predicted octanol–water partition coefficient (Wildman–Crippen LogP) is 3.37. The van der Waals surface area contributed by atoms with Crippen LogP contribution in [0.3, 0.4) is 0 Å². The van der Waals surface area contributed by atoms with E-state index in [1.54, 1.807) is 0 Å². The topological polar surface area (TPSA) is 67.0 Å². The Kier molecular flexibility index (Phi) is 4.79. The van der Waals surface area contributed by atoms with Gasteiger partial charge in [-0.1, -0.05) is 23.7 Å². The van der Waals surface area contributed by atoms with Gasteiger partial charge in [-0.15, -0.1) is 0 Å². The number of anilines is 1. The molecule has 10 heteroatoms. The summed E-state index contributed by atoms with van der Waals surface area (Å²) < 4.78 is 55.1. The molecule has 1 aromatic heterocycles. The first-order chi connectivity index (χ1) is 10.8. The maximum Gasteiger partial charge on any atom is 0.461 e. The summed E-state index contributed by atoms with van der Waals surface area (Å²) in [6, 6.07) is 5.18. The monoisotopic (exact) mass is 351 g/mol. The molecular weight excluding hydrogens is 342 g/mol. The molecule has 2 rings (SSSR count). The van der Waals surface area contributed by atoms with Crippen LogP contribution < -0.4 is 15.6 Å². The molecule has 0 unspecified atom stereocenters. The van der Waals surface area contributed by atoms with Gasteiger partial charge in [-0.3, -0.25) is 4.79 Å². The van der Waals surface area contributed by atoms with Crippen LogP contribution in [0.25, 0.3) is 11.3 Å². The third-order valence-electron chi connectivity index (χ3n) is 2.82. The molecule has 0 aliphatic carbocycles. The fourth-order valence-electron chi connectivity index (χ4n) is 1.79. The zero-order chi connectivity index (χ0) is 17.2. The smallest absolute Gasteiger partial charge is 0.428 e. The van der Waals surface area contributed by atoms with E-state index in [4.69, 9.17) is 11.6 Å². The van der Waals surface area contributed by atoms with Crippen LogP contribution in [0.15, 0.2) is 29.1 Å². The fraction of sp³-hybridized carbons (Fsp3) is 0.231.